The molecule has 2 aromatic rings. The van der Waals surface area contributed by atoms with E-state index in [9.17, 15) is 4.79 Å². The standard InChI is InChI=1S/C27H31FN2O/c1-3-5-22-17-24(19(2)16-25(22)21-6-4-7-21)26(31)30-14-12-27(28,13-15-30)23-10-8-20(18-29)9-11-23/h8-11,16-17,21H,3-7,12-15H2,1-2H3. The van der Waals surface area contributed by atoms with E-state index in [-0.39, 0.29) is 18.7 Å². The van der Waals surface area contributed by atoms with E-state index in [1.165, 1.54) is 30.4 Å². The van der Waals surface area contributed by atoms with Gasteiger partial charge in [-0.05, 0) is 72.6 Å². The van der Waals surface area contributed by atoms with Crippen molar-refractivity contribution in [2.45, 2.75) is 70.4 Å². The van der Waals surface area contributed by atoms with Crippen molar-refractivity contribution in [1.82, 2.24) is 4.90 Å². The predicted molar refractivity (Wildman–Crippen MR) is 121 cm³/mol. The van der Waals surface area contributed by atoms with E-state index in [0.717, 1.165) is 24.0 Å². The lowest BCUT2D eigenvalue weighted by Crippen LogP contribution is -2.43. The largest absolute Gasteiger partial charge is 0.338 e. The van der Waals surface area contributed by atoms with Crippen LogP contribution in [-0.2, 0) is 12.1 Å². The SMILES string of the molecule is CCCc1cc(C(=O)N2CCC(F)(c3ccc(C#N)cc3)CC2)c(C)cc1C1CCC1. The Hall–Kier alpha value is -2.67. The van der Waals surface area contributed by atoms with Crippen LogP contribution in [-0.4, -0.2) is 23.9 Å². The van der Waals surface area contributed by atoms with Crippen LogP contribution < -0.4 is 0 Å². The summed E-state index contributed by atoms with van der Waals surface area (Å²) in [5, 5.41) is 8.96. The van der Waals surface area contributed by atoms with Crippen LogP contribution in [0.3, 0.4) is 0 Å². The number of piperidine rings is 1. The Bertz CT molecular complexity index is 993. The topological polar surface area (TPSA) is 44.1 Å². The Labute approximate surface area is 184 Å². The van der Waals surface area contributed by atoms with Crippen LogP contribution in [0.2, 0.25) is 0 Å². The molecule has 1 aliphatic carbocycles. The number of carbonyl (C=O) groups excluding carboxylic acids is 1. The number of nitriles is 1. The fraction of sp³-hybridized carbons (Fsp3) is 0.481. The molecule has 0 radical (unpaired) electrons. The maximum absolute atomic E-state index is 15.6. The molecular weight excluding hydrogens is 387 g/mol. The third-order valence-corrected chi connectivity index (χ3v) is 7.16. The average molecular weight is 419 g/mol. The van der Waals surface area contributed by atoms with Crippen molar-refractivity contribution >= 4 is 5.91 Å². The van der Waals surface area contributed by atoms with E-state index in [4.69, 9.17) is 5.26 Å². The first-order valence-corrected chi connectivity index (χ1v) is 11.6. The van der Waals surface area contributed by atoms with E-state index < -0.39 is 5.67 Å². The second-order valence-corrected chi connectivity index (χ2v) is 9.19. The zero-order chi connectivity index (χ0) is 22.0. The number of carbonyl (C=O) groups is 1. The lowest BCUT2D eigenvalue weighted by atomic mass is 9.76. The Morgan fingerprint density at radius 3 is 2.42 bits per heavy atom. The summed E-state index contributed by atoms with van der Waals surface area (Å²) in [4.78, 5) is 15.1. The number of hydrogen-bond acceptors (Lipinski definition) is 2. The summed E-state index contributed by atoms with van der Waals surface area (Å²) in [6, 6.07) is 13.2. The van der Waals surface area contributed by atoms with E-state index in [2.05, 4.69) is 25.1 Å². The third kappa shape index (κ3) is 4.24. The van der Waals surface area contributed by atoms with Gasteiger partial charge in [-0.2, -0.15) is 5.26 Å². The Balaban J connectivity index is 1.50. The van der Waals surface area contributed by atoms with Gasteiger partial charge in [0.15, 0.2) is 0 Å². The summed E-state index contributed by atoms with van der Waals surface area (Å²) in [5.41, 5.74) is 4.25. The fourth-order valence-corrected chi connectivity index (χ4v) is 4.96. The fourth-order valence-electron chi connectivity index (χ4n) is 4.96. The normalized spacial score (nSPS) is 18.3. The highest BCUT2D eigenvalue weighted by Crippen LogP contribution is 2.40. The zero-order valence-electron chi connectivity index (χ0n) is 18.6. The minimum Gasteiger partial charge on any atom is -0.338 e. The summed E-state index contributed by atoms with van der Waals surface area (Å²) < 4.78 is 15.6. The third-order valence-electron chi connectivity index (χ3n) is 7.16. The molecule has 1 amide bonds. The highest BCUT2D eigenvalue weighted by atomic mass is 19.1. The number of aryl methyl sites for hydroxylation is 2. The minimum absolute atomic E-state index is 0.0249. The highest BCUT2D eigenvalue weighted by molar-refractivity contribution is 5.96. The van der Waals surface area contributed by atoms with Gasteiger partial charge in [-0.1, -0.05) is 38.0 Å². The van der Waals surface area contributed by atoms with Crippen molar-refractivity contribution in [3.05, 3.63) is 69.8 Å². The van der Waals surface area contributed by atoms with Crippen molar-refractivity contribution in [1.29, 1.82) is 5.26 Å². The van der Waals surface area contributed by atoms with E-state index in [1.54, 1.807) is 24.3 Å². The minimum atomic E-state index is -1.44. The summed E-state index contributed by atoms with van der Waals surface area (Å²) in [6.07, 6.45) is 6.44. The number of alkyl halides is 1. The molecule has 1 heterocycles. The first-order valence-electron chi connectivity index (χ1n) is 11.6. The number of rotatable bonds is 5. The monoisotopic (exact) mass is 418 g/mol. The number of likely N-dealkylation sites (tertiary alicyclic amines) is 1. The van der Waals surface area contributed by atoms with Gasteiger partial charge >= 0.3 is 0 Å². The van der Waals surface area contributed by atoms with Crippen molar-refractivity contribution in [2.75, 3.05) is 13.1 Å². The second kappa shape index (κ2) is 8.83. The second-order valence-electron chi connectivity index (χ2n) is 9.19. The molecule has 0 atom stereocenters. The van der Waals surface area contributed by atoms with Gasteiger partial charge in [0.2, 0.25) is 0 Å². The molecule has 0 spiro atoms. The van der Waals surface area contributed by atoms with Crippen molar-refractivity contribution in [3.8, 4) is 6.07 Å². The lowest BCUT2D eigenvalue weighted by molar-refractivity contribution is 0.0421. The number of hydrogen-bond donors (Lipinski definition) is 0. The molecule has 2 aromatic carbocycles. The lowest BCUT2D eigenvalue weighted by Gasteiger charge is -2.37. The van der Waals surface area contributed by atoms with Gasteiger partial charge in [0.25, 0.3) is 5.91 Å². The Kier molecular flexibility index (Phi) is 6.14. The number of nitrogens with zero attached hydrogens (tertiary/aromatic N) is 2. The summed E-state index contributed by atoms with van der Waals surface area (Å²) in [6.45, 7) is 5.02. The van der Waals surface area contributed by atoms with E-state index >= 15 is 4.39 Å². The molecule has 31 heavy (non-hydrogen) atoms. The summed E-state index contributed by atoms with van der Waals surface area (Å²) in [7, 11) is 0. The van der Waals surface area contributed by atoms with Crippen molar-refractivity contribution < 1.29 is 9.18 Å². The molecule has 0 N–H and O–H groups in total. The van der Waals surface area contributed by atoms with Crippen LogP contribution in [0, 0.1) is 18.3 Å². The van der Waals surface area contributed by atoms with Crippen LogP contribution in [0.5, 0.6) is 0 Å². The van der Waals surface area contributed by atoms with Crippen LogP contribution in [0.15, 0.2) is 36.4 Å². The maximum atomic E-state index is 15.6. The van der Waals surface area contributed by atoms with Crippen LogP contribution >= 0.6 is 0 Å². The van der Waals surface area contributed by atoms with E-state index in [1.807, 2.05) is 11.8 Å². The Morgan fingerprint density at radius 2 is 1.87 bits per heavy atom. The quantitative estimate of drug-likeness (QED) is 0.581. The average Bonchev–Trinajstić information content (AvgIpc) is 2.74. The molecule has 2 aliphatic rings. The summed E-state index contributed by atoms with van der Waals surface area (Å²) >= 11 is 0. The van der Waals surface area contributed by atoms with Crippen molar-refractivity contribution in [2.24, 2.45) is 0 Å². The number of halogens is 1. The van der Waals surface area contributed by atoms with Crippen molar-refractivity contribution in [3.63, 3.8) is 0 Å². The van der Waals surface area contributed by atoms with Crippen LogP contribution in [0.25, 0.3) is 0 Å². The van der Waals surface area contributed by atoms with E-state index in [0.29, 0.717) is 30.1 Å². The maximum Gasteiger partial charge on any atom is 0.254 e. The van der Waals surface area contributed by atoms with Gasteiger partial charge in [0.1, 0.15) is 5.67 Å². The molecule has 0 aromatic heterocycles. The molecular formula is C27H31FN2O. The van der Waals surface area contributed by atoms with Gasteiger partial charge in [-0.15, -0.1) is 0 Å². The molecule has 2 fully saturated rings. The van der Waals surface area contributed by atoms with Gasteiger partial charge in [0, 0.05) is 31.5 Å². The number of amides is 1. The molecule has 0 unspecified atom stereocenters. The van der Waals surface area contributed by atoms with Crippen LogP contribution in [0.4, 0.5) is 4.39 Å². The molecule has 3 nitrogen and oxygen atoms in total. The van der Waals surface area contributed by atoms with Gasteiger partial charge in [-0.3, -0.25) is 4.79 Å². The highest BCUT2D eigenvalue weighted by Gasteiger charge is 2.38. The van der Waals surface area contributed by atoms with Gasteiger partial charge in [0.05, 0.1) is 11.6 Å². The molecule has 4 heteroatoms. The van der Waals surface area contributed by atoms with Gasteiger partial charge < -0.3 is 4.90 Å². The Morgan fingerprint density at radius 1 is 1.19 bits per heavy atom. The smallest absolute Gasteiger partial charge is 0.254 e. The van der Waals surface area contributed by atoms with Crippen LogP contribution in [0.1, 0.15) is 89.5 Å². The molecule has 1 aliphatic heterocycles. The zero-order valence-corrected chi connectivity index (χ0v) is 18.6. The molecule has 4 rings (SSSR count). The first-order chi connectivity index (χ1) is 14.9. The number of benzene rings is 2. The summed E-state index contributed by atoms with van der Waals surface area (Å²) in [5.74, 6) is 0.677. The predicted octanol–water partition coefficient (Wildman–Crippen LogP) is 6.19. The molecule has 0 bridgehead atoms. The van der Waals surface area contributed by atoms with Gasteiger partial charge in [-0.25, -0.2) is 4.39 Å². The molecule has 162 valence electrons. The molecule has 1 saturated heterocycles. The first kappa shape index (κ1) is 21.6. The molecule has 1 saturated carbocycles.